The first kappa shape index (κ1) is 15.5. The molecule has 1 amide bonds. The average molecular weight is 266 g/mol. The van der Waals surface area contributed by atoms with Gasteiger partial charge in [0.15, 0.2) is 0 Å². The van der Waals surface area contributed by atoms with Crippen molar-refractivity contribution in [3.63, 3.8) is 0 Å². The molecule has 1 atom stereocenters. The number of carbonyl (C=O) groups excluding carboxylic acids is 1. The van der Waals surface area contributed by atoms with Gasteiger partial charge in [-0.1, -0.05) is 12.1 Å². The van der Waals surface area contributed by atoms with Gasteiger partial charge in [-0.3, -0.25) is 4.79 Å². The van der Waals surface area contributed by atoms with Gasteiger partial charge in [0.1, 0.15) is 12.4 Å². The Morgan fingerprint density at radius 1 is 1.32 bits per heavy atom. The van der Waals surface area contributed by atoms with Crippen LogP contribution in [0.4, 0.5) is 0 Å². The van der Waals surface area contributed by atoms with E-state index in [0.29, 0.717) is 12.4 Å². The second-order valence-electron chi connectivity index (χ2n) is 4.92. The molecule has 0 bridgehead atoms. The number of hydrogen-bond acceptors (Lipinski definition) is 4. The second kappa shape index (κ2) is 7.11. The number of nitrogens with two attached hydrogens (primary N) is 1. The highest BCUT2D eigenvalue weighted by Crippen LogP contribution is 2.13. The molecule has 1 aromatic carbocycles. The average Bonchev–Trinajstić information content (AvgIpc) is 2.35. The van der Waals surface area contributed by atoms with Crippen LogP contribution >= 0.6 is 0 Å². The van der Waals surface area contributed by atoms with E-state index < -0.39 is 0 Å². The van der Waals surface area contributed by atoms with Crippen LogP contribution in [-0.2, 0) is 11.2 Å². The number of rotatable bonds is 7. The maximum Gasteiger partial charge on any atom is 0.221 e. The predicted molar refractivity (Wildman–Crippen MR) is 73.1 cm³/mol. The van der Waals surface area contributed by atoms with Gasteiger partial charge >= 0.3 is 0 Å². The molecule has 106 valence electrons. The summed E-state index contributed by atoms with van der Waals surface area (Å²) in [7, 11) is 0. The molecule has 0 aliphatic carbocycles. The molecule has 0 radical (unpaired) electrons. The van der Waals surface area contributed by atoms with E-state index in [0.717, 1.165) is 5.56 Å². The summed E-state index contributed by atoms with van der Waals surface area (Å²) in [6, 6.07) is 7.17. The Bertz CT molecular complexity index is 404. The third-order valence-electron chi connectivity index (χ3n) is 2.77. The molecular formula is C14H22N2O3. The topological polar surface area (TPSA) is 75.8 Å². The minimum absolute atomic E-state index is 0.0524. The van der Waals surface area contributed by atoms with Gasteiger partial charge in [0.25, 0.3) is 0 Å². The van der Waals surface area contributed by atoms with Gasteiger partial charge in [-0.05, 0) is 38.5 Å². The summed E-state index contributed by atoms with van der Waals surface area (Å²) in [5.41, 5.74) is 5.98. The summed E-state index contributed by atoms with van der Waals surface area (Å²) in [5, 5.41) is 11.0. The van der Waals surface area contributed by atoms with Crippen molar-refractivity contribution in [2.45, 2.75) is 39.3 Å². The number of carbonyl (C=O) groups is 1. The molecule has 0 saturated carbocycles. The summed E-state index contributed by atoms with van der Waals surface area (Å²) in [4.78, 5) is 10.8. The summed E-state index contributed by atoms with van der Waals surface area (Å²) in [6.45, 7) is 6.11. The highest BCUT2D eigenvalue weighted by atomic mass is 16.5. The number of amides is 1. The van der Waals surface area contributed by atoms with Crippen molar-refractivity contribution in [1.29, 1.82) is 0 Å². The molecule has 0 aliphatic rings. The monoisotopic (exact) mass is 266 g/mol. The molecule has 0 fully saturated rings. The lowest BCUT2D eigenvalue weighted by atomic mass is 10.1. The number of primary amides is 1. The normalized spacial score (nSPS) is 12.7. The summed E-state index contributed by atoms with van der Waals surface area (Å²) >= 11 is 0. The molecule has 1 aromatic rings. The lowest BCUT2D eigenvalue weighted by molar-refractivity contribution is -0.153. The van der Waals surface area contributed by atoms with E-state index in [1.165, 1.54) is 5.06 Å². The SMILES string of the molecule is CC(C)N(O)C(C)COc1ccc(CC(N)=O)cc1. The number of ether oxygens (including phenoxy) is 1. The fraction of sp³-hybridized carbons (Fsp3) is 0.500. The van der Waals surface area contributed by atoms with Gasteiger partial charge in [-0.25, -0.2) is 0 Å². The highest BCUT2D eigenvalue weighted by Gasteiger charge is 2.14. The lowest BCUT2D eigenvalue weighted by Crippen LogP contribution is -2.39. The van der Waals surface area contributed by atoms with E-state index in [1.54, 1.807) is 12.1 Å². The van der Waals surface area contributed by atoms with Crippen LogP contribution in [0.25, 0.3) is 0 Å². The first-order valence-electron chi connectivity index (χ1n) is 6.37. The maximum atomic E-state index is 10.8. The molecular weight excluding hydrogens is 244 g/mol. The van der Waals surface area contributed by atoms with Crippen molar-refractivity contribution >= 4 is 5.91 Å². The van der Waals surface area contributed by atoms with E-state index in [9.17, 15) is 10.0 Å². The van der Waals surface area contributed by atoms with Crippen molar-refractivity contribution in [1.82, 2.24) is 5.06 Å². The first-order chi connectivity index (χ1) is 8.90. The molecule has 0 heterocycles. The molecule has 19 heavy (non-hydrogen) atoms. The summed E-state index contributed by atoms with van der Waals surface area (Å²) < 4.78 is 5.58. The van der Waals surface area contributed by atoms with Crippen LogP contribution in [0, 0.1) is 0 Å². The van der Waals surface area contributed by atoms with Crippen LogP contribution in [0.15, 0.2) is 24.3 Å². The third kappa shape index (κ3) is 5.28. The van der Waals surface area contributed by atoms with Gasteiger partial charge in [-0.15, -0.1) is 0 Å². The molecule has 0 saturated heterocycles. The molecule has 0 aromatic heterocycles. The van der Waals surface area contributed by atoms with Crippen molar-refractivity contribution in [3.05, 3.63) is 29.8 Å². The van der Waals surface area contributed by atoms with Crippen LogP contribution in [0.3, 0.4) is 0 Å². The summed E-state index contributed by atoms with van der Waals surface area (Å²) in [5.74, 6) is 0.354. The van der Waals surface area contributed by atoms with Crippen LogP contribution in [0.2, 0.25) is 0 Å². The van der Waals surface area contributed by atoms with Gasteiger partial charge in [0, 0.05) is 6.04 Å². The maximum absolute atomic E-state index is 10.8. The van der Waals surface area contributed by atoms with Gasteiger partial charge in [-0.2, -0.15) is 5.06 Å². The van der Waals surface area contributed by atoms with Gasteiger partial charge < -0.3 is 15.7 Å². The largest absolute Gasteiger partial charge is 0.492 e. The number of nitrogens with zero attached hydrogens (tertiary/aromatic N) is 1. The van der Waals surface area contributed by atoms with Crippen LogP contribution in [0.5, 0.6) is 5.75 Å². The van der Waals surface area contributed by atoms with Crippen molar-refractivity contribution in [2.24, 2.45) is 5.73 Å². The number of hydroxylamine groups is 2. The second-order valence-corrected chi connectivity index (χ2v) is 4.92. The van der Waals surface area contributed by atoms with Crippen molar-refractivity contribution in [2.75, 3.05) is 6.61 Å². The van der Waals surface area contributed by atoms with Crippen molar-refractivity contribution < 1.29 is 14.7 Å². The molecule has 5 nitrogen and oxygen atoms in total. The standard InChI is InChI=1S/C14H22N2O3/c1-10(2)16(18)11(3)9-19-13-6-4-12(5-7-13)8-14(15)17/h4-7,10-11,18H,8-9H2,1-3H3,(H2,15,17). The van der Waals surface area contributed by atoms with E-state index in [2.05, 4.69) is 0 Å². The van der Waals surface area contributed by atoms with E-state index >= 15 is 0 Å². The number of benzene rings is 1. The Hall–Kier alpha value is -1.59. The minimum atomic E-state index is -0.352. The molecule has 1 unspecified atom stereocenters. The fourth-order valence-corrected chi connectivity index (χ4v) is 1.71. The van der Waals surface area contributed by atoms with Crippen LogP contribution in [-0.4, -0.2) is 34.9 Å². The van der Waals surface area contributed by atoms with E-state index in [-0.39, 0.29) is 24.4 Å². The first-order valence-corrected chi connectivity index (χ1v) is 6.37. The quantitative estimate of drug-likeness (QED) is 0.735. The van der Waals surface area contributed by atoms with Crippen LogP contribution in [0.1, 0.15) is 26.3 Å². The highest BCUT2D eigenvalue weighted by molar-refractivity contribution is 5.76. The molecule has 0 aliphatic heterocycles. The van der Waals surface area contributed by atoms with Crippen LogP contribution < -0.4 is 10.5 Å². The van der Waals surface area contributed by atoms with Gasteiger partial charge in [0.05, 0.1) is 12.5 Å². The zero-order chi connectivity index (χ0) is 14.4. The van der Waals surface area contributed by atoms with E-state index in [1.807, 2.05) is 32.9 Å². The Morgan fingerprint density at radius 3 is 2.37 bits per heavy atom. The predicted octanol–water partition coefficient (Wildman–Crippen LogP) is 1.58. The Labute approximate surface area is 113 Å². The Balaban J connectivity index is 2.47. The smallest absolute Gasteiger partial charge is 0.221 e. The zero-order valence-corrected chi connectivity index (χ0v) is 11.7. The Morgan fingerprint density at radius 2 is 1.89 bits per heavy atom. The minimum Gasteiger partial charge on any atom is -0.492 e. The van der Waals surface area contributed by atoms with E-state index in [4.69, 9.17) is 10.5 Å². The van der Waals surface area contributed by atoms with Crippen molar-refractivity contribution in [3.8, 4) is 5.75 Å². The third-order valence-corrected chi connectivity index (χ3v) is 2.77. The van der Waals surface area contributed by atoms with Gasteiger partial charge in [0.2, 0.25) is 5.91 Å². The molecule has 5 heteroatoms. The fourth-order valence-electron chi connectivity index (χ4n) is 1.71. The number of hydrogen-bond donors (Lipinski definition) is 2. The Kier molecular flexibility index (Phi) is 5.79. The zero-order valence-electron chi connectivity index (χ0n) is 11.7. The molecule has 1 rings (SSSR count). The molecule has 3 N–H and O–H groups in total. The molecule has 0 spiro atoms. The lowest BCUT2D eigenvalue weighted by Gasteiger charge is -2.26. The summed E-state index contributed by atoms with van der Waals surface area (Å²) in [6.07, 6.45) is 0.231.